The molecule has 0 aromatic heterocycles. The molecule has 30 heavy (non-hydrogen) atoms. The van der Waals surface area contributed by atoms with Crippen LogP contribution in [0.3, 0.4) is 0 Å². The summed E-state index contributed by atoms with van der Waals surface area (Å²) in [5.41, 5.74) is 0.384. The lowest BCUT2D eigenvalue weighted by molar-refractivity contribution is -0.152. The molecule has 0 aliphatic carbocycles. The fourth-order valence-corrected chi connectivity index (χ4v) is 2.63. The Labute approximate surface area is 172 Å². The van der Waals surface area contributed by atoms with Crippen molar-refractivity contribution in [3.8, 4) is 0 Å². The number of carbonyl (C=O) groups is 5. The zero-order valence-corrected chi connectivity index (χ0v) is 16.7. The summed E-state index contributed by atoms with van der Waals surface area (Å²) in [6.07, 6.45) is 0.150. The maximum Gasteiger partial charge on any atom is 0.326 e. The van der Waals surface area contributed by atoms with Crippen molar-refractivity contribution in [3.63, 3.8) is 0 Å². The molecule has 1 saturated heterocycles. The molecule has 0 unspecified atom stereocenters. The molecule has 0 radical (unpaired) electrons. The van der Waals surface area contributed by atoms with Crippen LogP contribution < -0.4 is 5.32 Å². The molecule has 1 aromatic carbocycles. The lowest BCUT2D eigenvalue weighted by atomic mass is 10.3. The van der Waals surface area contributed by atoms with E-state index >= 15 is 0 Å². The van der Waals surface area contributed by atoms with Gasteiger partial charge in [0.25, 0.3) is 5.91 Å². The van der Waals surface area contributed by atoms with E-state index in [4.69, 9.17) is 4.74 Å². The van der Waals surface area contributed by atoms with Gasteiger partial charge in [-0.15, -0.1) is 0 Å². The maximum absolute atomic E-state index is 12.9. The number of ether oxygens (including phenoxy) is 1. The minimum absolute atomic E-state index is 0.0128. The average Bonchev–Trinajstić information content (AvgIpc) is 2.93. The summed E-state index contributed by atoms with van der Waals surface area (Å²) in [5, 5.41) is 2.51. The maximum atomic E-state index is 12.9. The second kappa shape index (κ2) is 10.3. The van der Waals surface area contributed by atoms with Crippen LogP contribution in [0.15, 0.2) is 24.3 Å². The van der Waals surface area contributed by atoms with Gasteiger partial charge in [0.05, 0.1) is 6.54 Å². The summed E-state index contributed by atoms with van der Waals surface area (Å²) in [4.78, 5) is 62.5. The van der Waals surface area contributed by atoms with E-state index in [2.05, 4.69) is 5.32 Å². The smallest absolute Gasteiger partial charge is 0.326 e. The Morgan fingerprint density at radius 1 is 1.20 bits per heavy atom. The van der Waals surface area contributed by atoms with E-state index in [9.17, 15) is 28.4 Å². The SMILES string of the molecule is CN(CC(=O)Nc1ccc(F)cc1)C(=O)COC(=O)CCCN1C(=O)CN(C)C1=O. The zero-order chi connectivity index (χ0) is 22.3. The van der Waals surface area contributed by atoms with Gasteiger partial charge in [0.1, 0.15) is 12.4 Å². The highest BCUT2D eigenvalue weighted by atomic mass is 19.1. The lowest BCUT2D eigenvalue weighted by Crippen LogP contribution is -2.37. The summed E-state index contributed by atoms with van der Waals surface area (Å²) < 4.78 is 17.7. The molecule has 1 aliphatic rings. The van der Waals surface area contributed by atoms with Crippen molar-refractivity contribution in [3.05, 3.63) is 30.1 Å². The molecular formula is C19H23FN4O6. The highest BCUT2D eigenvalue weighted by Crippen LogP contribution is 2.10. The number of hydrogen-bond acceptors (Lipinski definition) is 6. The van der Waals surface area contributed by atoms with E-state index < -0.39 is 36.2 Å². The van der Waals surface area contributed by atoms with Gasteiger partial charge in [-0.25, -0.2) is 9.18 Å². The molecule has 1 aliphatic heterocycles. The van der Waals surface area contributed by atoms with Crippen LogP contribution in [0.5, 0.6) is 0 Å². The molecule has 10 nitrogen and oxygen atoms in total. The van der Waals surface area contributed by atoms with Crippen LogP contribution >= 0.6 is 0 Å². The number of likely N-dealkylation sites (N-methyl/N-ethyl adjacent to an activating group) is 2. The number of benzene rings is 1. The summed E-state index contributed by atoms with van der Waals surface area (Å²) >= 11 is 0. The molecule has 1 N–H and O–H groups in total. The monoisotopic (exact) mass is 422 g/mol. The van der Waals surface area contributed by atoms with Gasteiger partial charge >= 0.3 is 12.0 Å². The van der Waals surface area contributed by atoms with Crippen molar-refractivity contribution in [2.75, 3.05) is 45.7 Å². The molecule has 162 valence electrons. The predicted octanol–water partition coefficient (Wildman–Crippen LogP) is 0.440. The van der Waals surface area contributed by atoms with Gasteiger partial charge in [0.15, 0.2) is 6.61 Å². The molecule has 1 heterocycles. The third kappa shape index (κ3) is 6.54. The highest BCUT2D eigenvalue weighted by molar-refractivity contribution is 6.01. The molecule has 2 rings (SSSR count). The topological polar surface area (TPSA) is 116 Å². The average molecular weight is 422 g/mol. The van der Waals surface area contributed by atoms with Crippen molar-refractivity contribution in [2.24, 2.45) is 0 Å². The Kier molecular flexibility index (Phi) is 7.84. The first-order valence-electron chi connectivity index (χ1n) is 9.18. The minimum atomic E-state index is -0.653. The van der Waals surface area contributed by atoms with Gasteiger partial charge in [0, 0.05) is 32.7 Å². The number of hydrogen-bond donors (Lipinski definition) is 1. The fraction of sp³-hybridized carbons (Fsp3) is 0.421. The number of amides is 5. The number of carbonyl (C=O) groups excluding carboxylic acids is 5. The van der Waals surface area contributed by atoms with Gasteiger partial charge in [0.2, 0.25) is 11.8 Å². The van der Waals surface area contributed by atoms with Crippen LogP contribution in [0, 0.1) is 5.82 Å². The summed E-state index contributed by atoms with van der Waals surface area (Å²) in [7, 11) is 2.89. The number of urea groups is 1. The van der Waals surface area contributed by atoms with Crippen molar-refractivity contribution < 1.29 is 33.1 Å². The van der Waals surface area contributed by atoms with Crippen LogP contribution in [0.1, 0.15) is 12.8 Å². The number of anilines is 1. The second-order valence-corrected chi connectivity index (χ2v) is 6.75. The van der Waals surface area contributed by atoms with Crippen LogP contribution in [0.25, 0.3) is 0 Å². The van der Waals surface area contributed by atoms with Gasteiger partial charge in [-0.05, 0) is 30.7 Å². The summed E-state index contributed by atoms with van der Waals surface area (Å²) in [6, 6.07) is 4.75. The highest BCUT2D eigenvalue weighted by Gasteiger charge is 2.32. The molecule has 5 amide bonds. The summed E-state index contributed by atoms with van der Waals surface area (Å²) in [6.45, 7) is -0.711. The fourth-order valence-electron chi connectivity index (χ4n) is 2.63. The van der Waals surface area contributed by atoms with Crippen molar-refractivity contribution >= 4 is 35.4 Å². The van der Waals surface area contributed by atoms with Gasteiger partial charge in [-0.1, -0.05) is 0 Å². The van der Waals surface area contributed by atoms with E-state index in [0.29, 0.717) is 5.69 Å². The molecule has 1 aromatic rings. The standard InChI is InChI=1S/C19H23FN4O6/c1-22(10-15(25)21-14-7-5-13(20)6-8-14)17(27)12-30-18(28)4-3-9-24-16(26)11-23(2)19(24)29/h5-8H,3-4,9-12H2,1-2H3,(H,21,25). The first kappa shape index (κ1) is 22.8. The van der Waals surface area contributed by atoms with Crippen molar-refractivity contribution in [1.82, 2.24) is 14.7 Å². The molecule has 0 saturated carbocycles. The van der Waals surface area contributed by atoms with E-state index in [-0.39, 0.29) is 38.4 Å². The molecule has 0 atom stereocenters. The van der Waals surface area contributed by atoms with Gasteiger partial charge in [-0.2, -0.15) is 0 Å². The van der Waals surface area contributed by atoms with Crippen LogP contribution in [-0.4, -0.2) is 84.8 Å². The van der Waals surface area contributed by atoms with Crippen molar-refractivity contribution in [2.45, 2.75) is 12.8 Å². The van der Waals surface area contributed by atoms with E-state index in [0.717, 1.165) is 9.80 Å². The van der Waals surface area contributed by atoms with E-state index in [1.54, 1.807) is 0 Å². The normalized spacial score (nSPS) is 13.4. The number of rotatable bonds is 9. The quantitative estimate of drug-likeness (QED) is 0.456. The third-order valence-electron chi connectivity index (χ3n) is 4.28. The molecule has 0 bridgehead atoms. The molecule has 1 fully saturated rings. The summed E-state index contributed by atoms with van der Waals surface area (Å²) in [5.74, 6) is -2.49. The minimum Gasteiger partial charge on any atom is -0.456 e. The Bertz CT molecular complexity index is 829. The Morgan fingerprint density at radius 2 is 1.87 bits per heavy atom. The Morgan fingerprint density at radius 3 is 2.47 bits per heavy atom. The number of esters is 1. The number of nitrogens with one attached hydrogen (secondary N) is 1. The van der Waals surface area contributed by atoms with Gasteiger partial charge in [-0.3, -0.25) is 24.1 Å². The van der Waals surface area contributed by atoms with Crippen LogP contribution in [0.4, 0.5) is 14.9 Å². The van der Waals surface area contributed by atoms with Crippen molar-refractivity contribution in [1.29, 1.82) is 0 Å². The Balaban J connectivity index is 1.65. The number of halogens is 1. The van der Waals surface area contributed by atoms with Gasteiger partial charge < -0.3 is 19.9 Å². The largest absolute Gasteiger partial charge is 0.456 e. The van der Waals surface area contributed by atoms with Crippen LogP contribution in [0.2, 0.25) is 0 Å². The number of nitrogens with zero attached hydrogens (tertiary/aromatic N) is 3. The molecule has 11 heteroatoms. The third-order valence-corrected chi connectivity index (χ3v) is 4.28. The molecule has 0 spiro atoms. The predicted molar refractivity (Wildman–Crippen MR) is 103 cm³/mol. The Hall–Kier alpha value is -3.50. The second-order valence-electron chi connectivity index (χ2n) is 6.75. The first-order chi connectivity index (χ1) is 14.2. The first-order valence-corrected chi connectivity index (χ1v) is 9.18. The van der Waals surface area contributed by atoms with Crippen LogP contribution in [-0.2, 0) is 23.9 Å². The number of imide groups is 1. The lowest BCUT2D eigenvalue weighted by Gasteiger charge is -2.17. The van der Waals surface area contributed by atoms with E-state index in [1.807, 2.05) is 0 Å². The molecular weight excluding hydrogens is 399 g/mol. The van der Waals surface area contributed by atoms with E-state index in [1.165, 1.54) is 43.3 Å². The zero-order valence-electron chi connectivity index (χ0n) is 16.7.